The maximum atomic E-state index is 12.3. The molecule has 6 nitrogen and oxygen atoms in total. The van der Waals surface area contributed by atoms with Gasteiger partial charge in [-0.2, -0.15) is 0 Å². The van der Waals surface area contributed by atoms with Gasteiger partial charge in [-0.15, -0.1) is 0 Å². The molecule has 1 aliphatic carbocycles. The number of carbonyl (C=O) groups excluding carboxylic acids is 2. The van der Waals surface area contributed by atoms with E-state index in [4.69, 9.17) is 4.74 Å². The van der Waals surface area contributed by atoms with Crippen LogP contribution in [-0.4, -0.2) is 39.9 Å². The predicted octanol–water partition coefficient (Wildman–Crippen LogP) is 3.19. The van der Waals surface area contributed by atoms with Crippen molar-refractivity contribution in [3.8, 4) is 0 Å². The highest BCUT2D eigenvalue weighted by molar-refractivity contribution is 5.91. The van der Waals surface area contributed by atoms with Crippen molar-refractivity contribution in [1.29, 1.82) is 0 Å². The Balaban J connectivity index is 1.61. The Morgan fingerprint density at radius 2 is 1.88 bits per heavy atom. The first kappa shape index (κ1) is 17.7. The molecule has 0 radical (unpaired) electrons. The van der Waals surface area contributed by atoms with E-state index in [1.165, 1.54) is 4.90 Å². The molecule has 1 heterocycles. The van der Waals surface area contributed by atoms with Crippen molar-refractivity contribution in [3.63, 3.8) is 0 Å². The maximum Gasteiger partial charge on any atom is 0.412 e. The van der Waals surface area contributed by atoms with E-state index in [1.807, 2.05) is 31.2 Å². The van der Waals surface area contributed by atoms with Crippen LogP contribution in [0.25, 0.3) is 0 Å². The third kappa shape index (κ3) is 3.35. The fraction of sp³-hybridized carbons (Fsp3) is 0.579. The molecule has 0 aromatic heterocycles. The van der Waals surface area contributed by atoms with Gasteiger partial charge in [0, 0.05) is 18.7 Å². The Bertz CT molecular complexity index is 648. The maximum absolute atomic E-state index is 12.3. The van der Waals surface area contributed by atoms with E-state index in [2.05, 4.69) is 5.32 Å². The Kier molecular flexibility index (Phi) is 4.73. The van der Waals surface area contributed by atoms with Crippen molar-refractivity contribution in [1.82, 2.24) is 4.90 Å². The van der Waals surface area contributed by atoms with Crippen molar-refractivity contribution < 1.29 is 19.4 Å². The second-order valence-corrected chi connectivity index (χ2v) is 7.26. The summed E-state index contributed by atoms with van der Waals surface area (Å²) >= 11 is 0. The molecule has 2 N–H and O–H groups in total. The van der Waals surface area contributed by atoms with Gasteiger partial charge in [-0.05, 0) is 51.7 Å². The summed E-state index contributed by atoms with van der Waals surface area (Å²) in [5.41, 5.74) is -0.383. The molecule has 6 heteroatoms. The van der Waals surface area contributed by atoms with Gasteiger partial charge in [0.2, 0.25) is 5.91 Å². The highest BCUT2D eigenvalue weighted by Crippen LogP contribution is 2.46. The Morgan fingerprint density at radius 1 is 1.24 bits per heavy atom. The third-order valence-electron chi connectivity index (χ3n) is 5.45. The largest absolute Gasteiger partial charge is 0.438 e. The molecule has 0 unspecified atom stereocenters. The molecule has 2 fully saturated rings. The van der Waals surface area contributed by atoms with Crippen LogP contribution in [-0.2, 0) is 9.53 Å². The number of amides is 2. The van der Waals surface area contributed by atoms with Crippen molar-refractivity contribution in [3.05, 3.63) is 29.8 Å². The average molecular weight is 346 g/mol. The standard InChI is InChI=1S/C19H26N2O4/c1-14-6-8-15(9-7-14)20-16(22)10-13-21-17(23)25-19(18(21,2)24)11-4-3-5-12-19/h6-9,24H,3-5,10-13H2,1-2H3,(H,20,22)/t18-/m0/s1. The van der Waals surface area contributed by atoms with Gasteiger partial charge in [0.05, 0.1) is 0 Å². The lowest BCUT2D eigenvalue weighted by Crippen LogP contribution is -2.57. The second-order valence-electron chi connectivity index (χ2n) is 7.26. The second kappa shape index (κ2) is 6.67. The first-order chi connectivity index (χ1) is 11.8. The fourth-order valence-corrected chi connectivity index (χ4v) is 3.82. The number of carbonyl (C=O) groups is 2. The van der Waals surface area contributed by atoms with Gasteiger partial charge in [0.1, 0.15) is 0 Å². The van der Waals surface area contributed by atoms with E-state index in [0.29, 0.717) is 12.8 Å². The van der Waals surface area contributed by atoms with Gasteiger partial charge in [0.15, 0.2) is 11.3 Å². The normalized spacial score (nSPS) is 25.1. The lowest BCUT2D eigenvalue weighted by atomic mass is 9.77. The summed E-state index contributed by atoms with van der Waals surface area (Å²) in [6.45, 7) is 3.74. The van der Waals surface area contributed by atoms with Crippen LogP contribution in [0, 0.1) is 6.92 Å². The molecule has 1 aromatic carbocycles. The Hall–Kier alpha value is -2.08. The summed E-state index contributed by atoms with van der Waals surface area (Å²) in [6.07, 6.45) is 3.87. The number of aliphatic hydroxyl groups is 1. The smallest absolute Gasteiger partial charge is 0.412 e. The molecule has 3 rings (SSSR count). The van der Waals surface area contributed by atoms with Gasteiger partial charge in [-0.25, -0.2) is 4.79 Å². The summed E-state index contributed by atoms with van der Waals surface area (Å²) in [5, 5.41) is 13.8. The lowest BCUT2D eigenvalue weighted by molar-refractivity contribution is -0.159. The van der Waals surface area contributed by atoms with Crippen molar-refractivity contribution in [2.75, 3.05) is 11.9 Å². The molecule has 1 aliphatic heterocycles. The van der Waals surface area contributed by atoms with E-state index < -0.39 is 17.4 Å². The van der Waals surface area contributed by atoms with Crippen LogP contribution in [0.2, 0.25) is 0 Å². The van der Waals surface area contributed by atoms with Crippen LogP contribution < -0.4 is 5.32 Å². The minimum Gasteiger partial charge on any atom is -0.438 e. The first-order valence-corrected chi connectivity index (χ1v) is 8.94. The number of hydrogen-bond donors (Lipinski definition) is 2. The highest BCUT2D eigenvalue weighted by atomic mass is 16.6. The van der Waals surface area contributed by atoms with Crippen LogP contribution in [0.5, 0.6) is 0 Å². The molecule has 1 aromatic rings. The molecule has 0 bridgehead atoms. The number of hydrogen-bond acceptors (Lipinski definition) is 4. The SMILES string of the molecule is Cc1ccc(NC(=O)CCN2C(=O)OC3(CCCCC3)[C@]2(C)O)cc1. The number of nitrogens with one attached hydrogen (secondary N) is 1. The van der Waals surface area contributed by atoms with Crippen molar-refractivity contribution >= 4 is 17.7 Å². The molecule has 136 valence electrons. The minimum atomic E-state index is -1.38. The van der Waals surface area contributed by atoms with Gasteiger partial charge < -0.3 is 15.2 Å². The van der Waals surface area contributed by atoms with E-state index in [0.717, 1.165) is 30.5 Å². The summed E-state index contributed by atoms with van der Waals surface area (Å²) in [6, 6.07) is 7.52. The number of nitrogens with zero attached hydrogens (tertiary/aromatic N) is 1. The summed E-state index contributed by atoms with van der Waals surface area (Å²) in [7, 11) is 0. The number of anilines is 1. The molecule has 2 aliphatic rings. The minimum absolute atomic E-state index is 0.106. The molecule has 1 atom stereocenters. The van der Waals surface area contributed by atoms with Crippen LogP contribution in [0.4, 0.5) is 10.5 Å². The van der Waals surface area contributed by atoms with E-state index >= 15 is 0 Å². The zero-order valence-electron chi connectivity index (χ0n) is 14.9. The third-order valence-corrected chi connectivity index (χ3v) is 5.45. The van der Waals surface area contributed by atoms with Crippen LogP contribution in [0.15, 0.2) is 24.3 Å². The zero-order chi connectivity index (χ0) is 18.1. The van der Waals surface area contributed by atoms with Crippen molar-refractivity contribution in [2.24, 2.45) is 0 Å². The number of benzene rings is 1. The van der Waals surface area contributed by atoms with E-state index in [-0.39, 0.29) is 18.9 Å². The lowest BCUT2D eigenvalue weighted by Gasteiger charge is -2.42. The predicted molar refractivity (Wildman–Crippen MR) is 94.1 cm³/mol. The topological polar surface area (TPSA) is 78.9 Å². The number of ether oxygens (including phenoxy) is 1. The quantitative estimate of drug-likeness (QED) is 0.877. The average Bonchev–Trinajstić information content (AvgIpc) is 2.74. The fourth-order valence-electron chi connectivity index (χ4n) is 3.82. The molecule has 1 saturated carbocycles. The van der Waals surface area contributed by atoms with Crippen LogP contribution in [0.3, 0.4) is 0 Å². The molecule has 2 amide bonds. The molecule has 1 saturated heterocycles. The van der Waals surface area contributed by atoms with Crippen molar-refractivity contribution in [2.45, 2.75) is 63.7 Å². The van der Waals surface area contributed by atoms with Gasteiger partial charge >= 0.3 is 6.09 Å². The van der Waals surface area contributed by atoms with E-state index in [1.54, 1.807) is 6.92 Å². The first-order valence-electron chi connectivity index (χ1n) is 8.94. The summed E-state index contributed by atoms with van der Waals surface area (Å²) in [4.78, 5) is 25.8. The van der Waals surface area contributed by atoms with Gasteiger partial charge in [0.25, 0.3) is 0 Å². The molecule has 1 spiro atoms. The molecular weight excluding hydrogens is 320 g/mol. The highest BCUT2D eigenvalue weighted by Gasteiger charge is 2.61. The number of aryl methyl sites for hydroxylation is 1. The number of rotatable bonds is 4. The van der Waals surface area contributed by atoms with Gasteiger partial charge in [-0.1, -0.05) is 24.1 Å². The monoisotopic (exact) mass is 346 g/mol. The summed E-state index contributed by atoms with van der Waals surface area (Å²) < 4.78 is 5.59. The Morgan fingerprint density at radius 3 is 2.52 bits per heavy atom. The zero-order valence-corrected chi connectivity index (χ0v) is 14.9. The van der Waals surface area contributed by atoms with Crippen LogP contribution in [0.1, 0.15) is 51.0 Å². The molecule has 25 heavy (non-hydrogen) atoms. The molecular formula is C19H26N2O4. The van der Waals surface area contributed by atoms with E-state index in [9.17, 15) is 14.7 Å². The Labute approximate surface area is 148 Å². The van der Waals surface area contributed by atoms with Gasteiger partial charge in [-0.3, -0.25) is 9.69 Å². The summed E-state index contributed by atoms with van der Waals surface area (Å²) in [5.74, 6) is -0.197. The van der Waals surface area contributed by atoms with Crippen LogP contribution >= 0.6 is 0 Å².